The van der Waals surface area contributed by atoms with Gasteiger partial charge in [-0.05, 0) is 67.6 Å². The van der Waals surface area contributed by atoms with Crippen LogP contribution in [-0.2, 0) is 24.8 Å². The molecule has 3 rings (SSSR count). The second-order valence-corrected chi connectivity index (χ2v) is 7.29. The average molecular weight is 390 g/mol. The molecule has 2 heterocycles. The number of rotatable bonds is 6. The molecule has 1 aromatic carbocycles. The topological polar surface area (TPSA) is 62.5 Å². The van der Waals surface area contributed by atoms with Gasteiger partial charge in [-0.15, -0.1) is 0 Å². The monoisotopic (exact) mass is 389 g/mol. The Morgan fingerprint density at radius 2 is 2.07 bits per heavy atom. The first-order valence-corrected chi connectivity index (χ1v) is 9.58. The van der Waals surface area contributed by atoms with Crippen LogP contribution in [0.15, 0.2) is 65.6 Å². The zero-order chi connectivity index (χ0) is 20.8. The molecule has 0 unspecified atom stereocenters. The van der Waals surface area contributed by atoms with Gasteiger partial charge in [-0.2, -0.15) is 5.10 Å². The molecule has 6 nitrogen and oxygen atoms in total. The summed E-state index contributed by atoms with van der Waals surface area (Å²) < 4.78 is 1.74. The number of allylic oxidation sites excluding steroid dienone is 4. The Bertz CT molecular complexity index is 996. The number of fused-ring (bicyclic) bond motifs is 1. The van der Waals surface area contributed by atoms with E-state index in [0.29, 0.717) is 0 Å². The van der Waals surface area contributed by atoms with Crippen LogP contribution in [0.25, 0.3) is 5.57 Å². The third kappa shape index (κ3) is 5.39. The maximum absolute atomic E-state index is 12.4. The normalized spacial score (nSPS) is 15.4. The van der Waals surface area contributed by atoms with E-state index in [0.717, 1.165) is 41.9 Å². The number of nitrogens with zero attached hydrogens (tertiary/aromatic N) is 4. The third-order valence-electron chi connectivity index (χ3n) is 4.95. The number of aryl methyl sites for hydroxylation is 1. The molecular weight excluding hydrogens is 362 g/mol. The predicted octanol–water partition coefficient (Wildman–Crippen LogP) is 3.59. The van der Waals surface area contributed by atoms with E-state index >= 15 is 0 Å². The minimum atomic E-state index is -0.162. The van der Waals surface area contributed by atoms with Crippen LogP contribution >= 0.6 is 0 Å². The smallest absolute Gasteiger partial charge is 0.248 e. The minimum absolute atomic E-state index is 0.162. The molecular formula is C23H27N5O. The Morgan fingerprint density at radius 1 is 1.24 bits per heavy atom. The van der Waals surface area contributed by atoms with Crippen LogP contribution in [-0.4, -0.2) is 40.9 Å². The molecule has 0 bridgehead atoms. The van der Waals surface area contributed by atoms with Gasteiger partial charge in [0.25, 0.3) is 0 Å². The molecule has 0 spiro atoms. The van der Waals surface area contributed by atoms with Gasteiger partial charge in [0.05, 0.1) is 6.20 Å². The lowest BCUT2D eigenvalue weighted by Gasteiger charge is -2.25. The van der Waals surface area contributed by atoms with E-state index in [1.165, 1.54) is 11.1 Å². The van der Waals surface area contributed by atoms with Crippen molar-refractivity contribution in [1.82, 2.24) is 14.7 Å². The molecule has 150 valence electrons. The molecule has 0 saturated heterocycles. The lowest BCUT2D eigenvalue weighted by Crippen LogP contribution is -2.26. The standard InChI is InChI=1S/C23H27N5O/c1-17(22(9-11-24-2)20-14-25-28(4)16-20)5-8-23(29)26-21-7-6-18-10-12-27(3)15-19(18)13-21/h5-9,11,13-14,16H,2,10,12,15H2,1,3-4H3,(H,26,29)/b8-5+,11-9-,22-17-. The van der Waals surface area contributed by atoms with E-state index in [1.807, 2.05) is 32.3 Å². The molecule has 1 amide bonds. The van der Waals surface area contributed by atoms with E-state index in [1.54, 1.807) is 29.2 Å². The van der Waals surface area contributed by atoms with E-state index in [-0.39, 0.29) is 5.91 Å². The Kier molecular flexibility index (Phi) is 6.57. The number of hydrogen-bond donors (Lipinski definition) is 1. The molecule has 0 fully saturated rings. The number of hydrogen-bond acceptors (Lipinski definition) is 4. The van der Waals surface area contributed by atoms with Gasteiger partial charge in [-0.3, -0.25) is 14.5 Å². The van der Waals surface area contributed by atoms with Crippen molar-refractivity contribution >= 4 is 23.9 Å². The number of aliphatic imine (C=N–C) groups is 1. The summed E-state index contributed by atoms with van der Waals surface area (Å²) in [6, 6.07) is 6.15. The van der Waals surface area contributed by atoms with Gasteiger partial charge in [0.1, 0.15) is 0 Å². The SMILES string of the molecule is C=N\C=C/C(=C(C)/C=C/C(=O)Nc1ccc2c(c1)CN(C)CC2)c1cnn(C)c1. The Balaban J connectivity index is 1.74. The van der Waals surface area contributed by atoms with Crippen LogP contribution in [0, 0.1) is 0 Å². The zero-order valence-electron chi connectivity index (χ0n) is 17.2. The quantitative estimate of drug-likeness (QED) is 0.467. The van der Waals surface area contributed by atoms with Crippen LogP contribution in [0.3, 0.4) is 0 Å². The summed E-state index contributed by atoms with van der Waals surface area (Å²) in [5.74, 6) is -0.162. The average Bonchev–Trinajstić information content (AvgIpc) is 3.12. The Labute approximate surface area is 171 Å². The van der Waals surface area contributed by atoms with E-state index in [2.05, 4.69) is 46.2 Å². The maximum Gasteiger partial charge on any atom is 0.248 e. The van der Waals surface area contributed by atoms with Gasteiger partial charge in [0.15, 0.2) is 0 Å². The predicted molar refractivity (Wildman–Crippen MR) is 119 cm³/mol. The molecule has 1 aliphatic heterocycles. The van der Waals surface area contributed by atoms with Crippen molar-refractivity contribution in [2.45, 2.75) is 19.9 Å². The number of amides is 1. The highest BCUT2D eigenvalue weighted by Gasteiger charge is 2.13. The third-order valence-corrected chi connectivity index (χ3v) is 4.95. The van der Waals surface area contributed by atoms with Gasteiger partial charge in [0, 0.05) is 49.9 Å². The lowest BCUT2D eigenvalue weighted by atomic mass is 9.99. The summed E-state index contributed by atoms with van der Waals surface area (Å²) >= 11 is 0. The van der Waals surface area contributed by atoms with Crippen LogP contribution in [0.1, 0.15) is 23.6 Å². The molecule has 6 heteroatoms. The summed E-state index contributed by atoms with van der Waals surface area (Å²) in [6.07, 6.45) is 11.6. The molecule has 0 aliphatic carbocycles. The number of likely N-dealkylation sites (N-methyl/N-ethyl adjacent to an activating group) is 1. The fraction of sp³-hybridized carbons (Fsp3) is 0.261. The second-order valence-electron chi connectivity index (χ2n) is 7.29. The van der Waals surface area contributed by atoms with Gasteiger partial charge in [-0.25, -0.2) is 0 Å². The fourth-order valence-corrected chi connectivity index (χ4v) is 3.39. The van der Waals surface area contributed by atoms with Gasteiger partial charge >= 0.3 is 0 Å². The highest BCUT2D eigenvalue weighted by Crippen LogP contribution is 2.23. The number of carbonyl (C=O) groups excluding carboxylic acids is 1. The minimum Gasteiger partial charge on any atom is -0.323 e. The van der Waals surface area contributed by atoms with Crippen LogP contribution < -0.4 is 5.32 Å². The molecule has 29 heavy (non-hydrogen) atoms. The number of anilines is 1. The molecule has 1 aromatic heterocycles. The zero-order valence-corrected chi connectivity index (χ0v) is 17.2. The number of aromatic nitrogens is 2. The summed E-state index contributed by atoms with van der Waals surface area (Å²) in [7, 11) is 3.98. The van der Waals surface area contributed by atoms with Crippen LogP contribution in [0.5, 0.6) is 0 Å². The molecule has 0 radical (unpaired) electrons. The maximum atomic E-state index is 12.4. The summed E-state index contributed by atoms with van der Waals surface area (Å²) in [5.41, 5.74) is 6.27. The van der Waals surface area contributed by atoms with Crippen LogP contribution in [0.4, 0.5) is 5.69 Å². The molecule has 0 saturated carbocycles. The second kappa shape index (κ2) is 9.30. The first kappa shape index (κ1) is 20.5. The van der Waals surface area contributed by atoms with Gasteiger partial charge in [0.2, 0.25) is 5.91 Å². The Hall–Kier alpha value is -3.25. The molecule has 2 aromatic rings. The number of carbonyl (C=O) groups is 1. The van der Waals surface area contributed by atoms with E-state index in [9.17, 15) is 4.79 Å². The van der Waals surface area contributed by atoms with Crippen molar-refractivity contribution in [2.24, 2.45) is 12.0 Å². The Morgan fingerprint density at radius 3 is 2.79 bits per heavy atom. The van der Waals surface area contributed by atoms with E-state index < -0.39 is 0 Å². The fourth-order valence-electron chi connectivity index (χ4n) is 3.39. The van der Waals surface area contributed by atoms with Crippen LogP contribution in [0.2, 0.25) is 0 Å². The van der Waals surface area contributed by atoms with Gasteiger partial charge < -0.3 is 10.2 Å². The van der Waals surface area contributed by atoms with Crippen molar-refractivity contribution < 1.29 is 4.79 Å². The summed E-state index contributed by atoms with van der Waals surface area (Å²) in [5, 5.41) is 7.17. The van der Waals surface area contributed by atoms with Crippen molar-refractivity contribution in [3.05, 3.63) is 77.3 Å². The molecule has 1 N–H and O–H groups in total. The summed E-state index contributed by atoms with van der Waals surface area (Å²) in [4.78, 5) is 18.5. The number of nitrogens with one attached hydrogen (secondary N) is 1. The highest BCUT2D eigenvalue weighted by atomic mass is 16.1. The van der Waals surface area contributed by atoms with Crippen molar-refractivity contribution in [3.8, 4) is 0 Å². The first-order chi connectivity index (χ1) is 14.0. The number of benzene rings is 1. The van der Waals surface area contributed by atoms with Crippen molar-refractivity contribution in [3.63, 3.8) is 0 Å². The largest absolute Gasteiger partial charge is 0.323 e. The lowest BCUT2D eigenvalue weighted by molar-refractivity contribution is -0.111. The molecule has 0 atom stereocenters. The van der Waals surface area contributed by atoms with Crippen molar-refractivity contribution in [2.75, 3.05) is 18.9 Å². The highest BCUT2D eigenvalue weighted by molar-refractivity contribution is 6.00. The summed E-state index contributed by atoms with van der Waals surface area (Å²) in [6.45, 7) is 7.42. The van der Waals surface area contributed by atoms with E-state index in [4.69, 9.17) is 0 Å². The first-order valence-electron chi connectivity index (χ1n) is 9.58. The van der Waals surface area contributed by atoms with Crippen molar-refractivity contribution in [1.29, 1.82) is 0 Å². The van der Waals surface area contributed by atoms with Gasteiger partial charge in [-0.1, -0.05) is 12.1 Å². The molecule has 1 aliphatic rings.